The standard InChI is InChI=1S/C26H20N4O4/c1-15(31)29-17-8-10-18(11-9-17)30-23(16-5-4-12-27-13-16)22(25(33)26(30)34)24(32)20-14-28-21-7-3-2-6-19(20)21/h2-14,23,28,32H,1H3,(H,29,31)/b24-22-. The quantitative estimate of drug-likeness (QED) is 0.244. The number of hydrogen-bond acceptors (Lipinski definition) is 5. The molecule has 0 radical (unpaired) electrons. The number of fused-ring (bicyclic) bond motifs is 1. The Morgan fingerprint density at radius 1 is 1.06 bits per heavy atom. The smallest absolute Gasteiger partial charge is 0.300 e. The Hall–Kier alpha value is -4.72. The van der Waals surface area contributed by atoms with Crippen molar-refractivity contribution in [1.29, 1.82) is 0 Å². The molecule has 168 valence electrons. The van der Waals surface area contributed by atoms with Gasteiger partial charge in [-0.1, -0.05) is 24.3 Å². The van der Waals surface area contributed by atoms with Gasteiger partial charge in [-0.15, -0.1) is 0 Å². The highest BCUT2D eigenvalue weighted by Gasteiger charge is 2.47. The number of carbonyl (C=O) groups excluding carboxylic acids is 3. The van der Waals surface area contributed by atoms with Crippen molar-refractivity contribution in [3.05, 3.63) is 96.0 Å². The molecular weight excluding hydrogens is 432 g/mol. The first-order chi connectivity index (χ1) is 16.5. The largest absolute Gasteiger partial charge is 0.507 e. The fourth-order valence-electron chi connectivity index (χ4n) is 4.27. The SMILES string of the molecule is CC(=O)Nc1ccc(N2C(=O)C(=O)/C(=C(\O)c3c[nH]c4ccccc34)C2c2cccnc2)cc1. The lowest BCUT2D eigenvalue weighted by atomic mass is 9.96. The molecule has 1 unspecified atom stereocenters. The molecule has 1 aliphatic heterocycles. The molecule has 0 spiro atoms. The molecule has 1 fully saturated rings. The van der Waals surface area contributed by atoms with Crippen molar-refractivity contribution in [3.8, 4) is 0 Å². The van der Waals surface area contributed by atoms with Crippen LogP contribution in [0.15, 0.2) is 84.8 Å². The van der Waals surface area contributed by atoms with Gasteiger partial charge in [-0.05, 0) is 42.0 Å². The zero-order valence-electron chi connectivity index (χ0n) is 18.1. The summed E-state index contributed by atoms with van der Waals surface area (Å²) >= 11 is 0. The summed E-state index contributed by atoms with van der Waals surface area (Å²) in [4.78, 5) is 46.4. The summed E-state index contributed by atoms with van der Waals surface area (Å²) in [6.07, 6.45) is 4.78. The lowest BCUT2D eigenvalue weighted by molar-refractivity contribution is -0.132. The maximum absolute atomic E-state index is 13.3. The Morgan fingerprint density at radius 3 is 2.53 bits per heavy atom. The van der Waals surface area contributed by atoms with E-state index >= 15 is 0 Å². The fraction of sp³-hybridized carbons (Fsp3) is 0.0769. The van der Waals surface area contributed by atoms with Crippen LogP contribution in [0.1, 0.15) is 24.1 Å². The lowest BCUT2D eigenvalue weighted by Gasteiger charge is -2.25. The Kier molecular flexibility index (Phi) is 5.18. The summed E-state index contributed by atoms with van der Waals surface area (Å²) in [7, 11) is 0. The van der Waals surface area contributed by atoms with E-state index in [1.807, 2.05) is 24.3 Å². The average Bonchev–Trinajstić information content (AvgIpc) is 3.39. The van der Waals surface area contributed by atoms with Crippen molar-refractivity contribution in [2.24, 2.45) is 0 Å². The number of nitrogens with one attached hydrogen (secondary N) is 2. The highest BCUT2D eigenvalue weighted by atomic mass is 16.3. The monoisotopic (exact) mass is 452 g/mol. The van der Waals surface area contributed by atoms with Crippen molar-refractivity contribution < 1.29 is 19.5 Å². The normalized spacial score (nSPS) is 17.3. The van der Waals surface area contributed by atoms with E-state index in [9.17, 15) is 19.5 Å². The van der Waals surface area contributed by atoms with Gasteiger partial charge in [0.1, 0.15) is 5.76 Å². The number of H-pyrrole nitrogens is 1. The Morgan fingerprint density at radius 2 is 1.82 bits per heavy atom. The van der Waals surface area contributed by atoms with E-state index in [4.69, 9.17) is 0 Å². The summed E-state index contributed by atoms with van der Waals surface area (Å²) in [5, 5.41) is 14.7. The lowest BCUT2D eigenvalue weighted by Crippen LogP contribution is -2.29. The van der Waals surface area contributed by atoms with Gasteiger partial charge >= 0.3 is 0 Å². The van der Waals surface area contributed by atoms with Crippen molar-refractivity contribution in [3.63, 3.8) is 0 Å². The molecule has 5 rings (SSSR count). The number of rotatable bonds is 4. The second kappa shape index (κ2) is 8.32. The van der Waals surface area contributed by atoms with Gasteiger partial charge in [-0.2, -0.15) is 0 Å². The first-order valence-electron chi connectivity index (χ1n) is 10.6. The van der Waals surface area contributed by atoms with Crippen molar-refractivity contribution in [2.45, 2.75) is 13.0 Å². The topological polar surface area (TPSA) is 115 Å². The van der Waals surface area contributed by atoms with E-state index in [0.717, 1.165) is 10.9 Å². The van der Waals surface area contributed by atoms with E-state index in [2.05, 4.69) is 15.3 Å². The molecule has 2 aromatic carbocycles. The third-order valence-corrected chi connectivity index (χ3v) is 5.75. The predicted octanol–water partition coefficient (Wildman–Crippen LogP) is 4.15. The second-order valence-electron chi connectivity index (χ2n) is 7.93. The van der Waals surface area contributed by atoms with Crippen LogP contribution in [0, 0.1) is 0 Å². The van der Waals surface area contributed by atoms with Gasteiger partial charge < -0.3 is 15.4 Å². The minimum Gasteiger partial charge on any atom is -0.507 e. The third kappa shape index (κ3) is 3.51. The molecule has 0 aliphatic carbocycles. The number of aromatic nitrogens is 2. The maximum atomic E-state index is 13.3. The van der Waals surface area contributed by atoms with Crippen LogP contribution in [0.4, 0.5) is 11.4 Å². The van der Waals surface area contributed by atoms with Crippen LogP contribution in [-0.2, 0) is 14.4 Å². The highest BCUT2D eigenvalue weighted by molar-refractivity contribution is 6.51. The molecular formula is C26H20N4O4. The number of para-hydroxylation sites is 1. The summed E-state index contributed by atoms with van der Waals surface area (Å²) in [6.45, 7) is 1.40. The van der Waals surface area contributed by atoms with Gasteiger partial charge in [0.05, 0.1) is 11.6 Å². The number of aliphatic hydroxyl groups excluding tert-OH is 1. The van der Waals surface area contributed by atoms with E-state index in [0.29, 0.717) is 22.5 Å². The number of hydrogen-bond donors (Lipinski definition) is 3. The van der Waals surface area contributed by atoms with Crippen LogP contribution < -0.4 is 10.2 Å². The molecule has 34 heavy (non-hydrogen) atoms. The average molecular weight is 452 g/mol. The number of carbonyl (C=O) groups is 3. The van der Waals surface area contributed by atoms with Gasteiger partial charge in [0.25, 0.3) is 11.7 Å². The number of aliphatic hydroxyl groups is 1. The molecule has 0 bridgehead atoms. The van der Waals surface area contributed by atoms with E-state index in [1.54, 1.807) is 55.0 Å². The number of ketones is 1. The van der Waals surface area contributed by atoms with Gasteiger partial charge in [-0.3, -0.25) is 24.3 Å². The first-order valence-corrected chi connectivity index (χ1v) is 10.6. The van der Waals surface area contributed by atoms with Crippen molar-refractivity contribution >= 4 is 45.6 Å². The van der Waals surface area contributed by atoms with Crippen LogP contribution in [0.3, 0.4) is 0 Å². The maximum Gasteiger partial charge on any atom is 0.300 e. The zero-order valence-corrected chi connectivity index (χ0v) is 18.1. The number of aromatic amines is 1. The molecule has 8 heteroatoms. The van der Waals surface area contributed by atoms with E-state index < -0.39 is 17.7 Å². The first kappa shape index (κ1) is 21.1. The predicted molar refractivity (Wildman–Crippen MR) is 128 cm³/mol. The molecule has 2 aromatic heterocycles. The second-order valence-corrected chi connectivity index (χ2v) is 7.93. The minimum absolute atomic E-state index is 0.0197. The van der Waals surface area contributed by atoms with Crippen LogP contribution in [0.2, 0.25) is 0 Å². The van der Waals surface area contributed by atoms with Gasteiger partial charge in [0.15, 0.2) is 0 Å². The van der Waals surface area contributed by atoms with Crippen LogP contribution in [-0.4, -0.2) is 32.7 Å². The molecule has 8 nitrogen and oxygen atoms in total. The molecule has 2 amide bonds. The van der Waals surface area contributed by atoms with Gasteiger partial charge in [0.2, 0.25) is 5.91 Å². The van der Waals surface area contributed by atoms with Crippen molar-refractivity contribution in [1.82, 2.24) is 9.97 Å². The number of nitrogens with zero attached hydrogens (tertiary/aromatic N) is 2. The molecule has 4 aromatic rings. The molecule has 1 aliphatic rings. The number of amides is 2. The van der Waals surface area contributed by atoms with Gasteiger partial charge in [0, 0.05) is 53.4 Å². The molecule has 3 N–H and O–H groups in total. The Balaban J connectivity index is 1.68. The molecule has 1 atom stereocenters. The van der Waals surface area contributed by atoms with E-state index in [1.165, 1.54) is 11.8 Å². The van der Waals surface area contributed by atoms with Gasteiger partial charge in [-0.25, -0.2) is 0 Å². The molecule has 0 saturated carbocycles. The Labute approximate surface area is 194 Å². The fourth-order valence-corrected chi connectivity index (χ4v) is 4.27. The summed E-state index contributed by atoms with van der Waals surface area (Å²) in [5.74, 6) is -2.03. The number of anilines is 2. The van der Waals surface area contributed by atoms with Crippen molar-refractivity contribution in [2.75, 3.05) is 10.2 Å². The summed E-state index contributed by atoms with van der Waals surface area (Å²) < 4.78 is 0. The number of pyridine rings is 1. The van der Waals surface area contributed by atoms with Crippen LogP contribution in [0.5, 0.6) is 0 Å². The number of Topliss-reactive ketones (excluding diaryl/α,β-unsaturated/α-hetero) is 1. The Bertz CT molecular complexity index is 1460. The summed E-state index contributed by atoms with van der Waals surface area (Å²) in [6, 6.07) is 16.6. The minimum atomic E-state index is -0.881. The van der Waals surface area contributed by atoms with E-state index in [-0.39, 0.29) is 17.2 Å². The third-order valence-electron chi connectivity index (χ3n) is 5.75. The number of benzene rings is 2. The zero-order chi connectivity index (χ0) is 23.8. The molecule has 1 saturated heterocycles. The molecule has 3 heterocycles. The summed E-state index contributed by atoms with van der Waals surface area (Å²) in [5.41, 5.74) is 2.79. The van der Waals surface area contributed by atoms with Crippen LogP contribution in [0.25, 0.3) is 16.7 Å². The highest BCUT2D eigenvalue weighted by Crippen LogP contribution is 2.42. The van der Waals surface area contributed by atoms with Crippen LogP contribution >= 0.6 is 0 Å².